The predicted molar refractivity (Wildman–Crippen MR) is 138 cm³/mol. The monoisotopic (exact) mass is 538 g/mol. The Bertz CT molecular complexity index is 1010. The van der Waals surface area contributed by atoms with Crippen LogP contribution in [0.3, 0.4) is 0 Å². The second kappa shape index (κ2) is 15.8. The van der Waals surface area contributed by atoms with Crippen LogP contribution in [-0.4, -0.2) is 36.3 Å². The fraction of sp³-hybridized carbons (Fsp3) is 0.538. The lowest BCUT2D eigenvalue weighted by Crippen LogP contribution is -2.29. The minimum absolute atomic E-state index is 0.0647. The molecule has 1 unspecified atom stereocenters. The first-order chi connectivity index (χ1) is 17.8. The van der Waals surface area contributed by atoms with Crippen LogP contribution in [0.4, 0.5) is 15.3 Å². The number of nitrogens with zero attached hydrogens (tertiary/aromatic N) is 1. The Morgan fingerprint density at radius 2 is 1.51 bits per heavy atom. The number of halogens is 1. The number of unbranched alkanes of at least 4 members (excludes halogenated alkanes) is 6. The van der Waals surface area contributed by atoms with Gasteiger partial charge in [-0.2, -0.15) is 0 Å². The molecule has 0 radical (unpaired) electrons. The molecule has 1 aliphatic rings. The zero-order valence-electron chi connectivity index (χ0n) is 21.5. The highest BCUT2D eigenvalue weighted by Gasteiger charge is 2.36. The molecule has 1 atom stereocenters. The van der Waals surface area contributed by atoms with Crippen LogP contribution < -0.4 is 5.32 Å². The van der Waals surface area contributed by atoms with E-state index in [2.05, 4.69) is 12.2 Å². The fourth-order valence-electron chi connectivity index (χ4n) is 3.92. The normalized spacial score (nSPS) is 15.2. The van der Waals surface area contributed by atoms with Gasteiger partial charge in [-0.15, -0.1) is 11.6 Å². The first-order valence-corrected chi connectivity index (χ1v) is 13.0. The van der Waals surface area contributed by atoms with Crippen LogP contribution in [0.2, 0.25) is 0 Å². The molecule has 204 valence electrons. The molecule has 1 aromatic carbocycles. The van der Waals surface area contributed by atoms with Gasteiger partial charge in [-0.05, 0) is 25.8 Å². The molecule has 2 rings (SSSR count). The van der Waals surface area contributed by atoms with E-state index in [1.165, 1.54) is 37.5 Å². The van der Waals surface area contributed by atoms with E-state index in [1.807, 2.05) is 0 Å². The topological polar surface area (TPSA) is 126 Å². The number of nitro benzene ring substituents is 1. The molecule has 0 fully saturated rings. The Labute approximate surface area is 222 Å². The third-order valence-corrected chi connectivity index (χ3v) is 5.86. The first kappa shape index (κ1) is 30.0. The van der Waals surface area contributed by atoms with Crippen molar-refractivity contribution in [1.29, 1.82) is 0 Å². The van der Waals surface area contributed by atoms with E-state index in [9.17, 15) is 19.7 Å². The molecule has 0 saturated carbocycles. The van der Waals surface area contributed by atoms with Gasteiger partial charge in [-0.1, -0.05) is 57.6 Å². The second-order valence-corrected chi connectivity index (χ2v) is 8.98. The molecule has 1 aliphatic heterocycles. The number of nitrogens with one attached hydrogen (secondary N) is 1. The molecule has 0 saturated heterocycles. The molecule has 10 nitrogen and oxygen atoms in total. The molecular formula is C26H35ClN2O8. The van der Waals surface area contributed by atoms with Gasteiger partial charge in [0.25, 0.3) is 5.69 Å². The van der Waals surface area contributed by atoms with Crippen molar-refractivity contribution in [2.24, 2.45) is 0 Å². The van der Waals surface area contributed by atoms with Crippen molar-refractivity contribution in [3.8, 4) is 0 Å². The third-order valence-electron chi connectivity index (χ3n) is 5.70. The van der Waals surface area contributed by atoms with Crippen molar-refractivity contribution in [1.82, 2.24) is 5.32 Å². The van der Waals surface area contributed by atoms with Gasteiger partial charge in [0.2, 0.25) is 0 Å². The summed E-state index contributed by atoms with van der Waals surface area (Å²) < 4.78 is 21.2. The van der Waals surface area contributed by atoms with E-state index in [0.717, 1.165) is 19.3 Å². The van der Waals surface area contributed by atoms with Crippen molar-refractivity contribution >= 4 is 29.6 Å². The van der Waals surface area contributed by atoms with Gasteiger partial charge in [0.15, 0.2) is 0 Å². The number of benzene rings is 1. The largest absolute Gasteiger partial charge is 0.513 e. The molecule has 0 bridgehead atoms. The summed E-state index contributed by atoms with van der Waals surface area (Å²) in [6.07, 6.45) is 5.58. The number of ether oxygens (including phenoxy) is 4. The Hall–Kier alpha value is -3.27. The van der Waals surface area contributed by atoms with Crippen molar-refractivity contribution in [3.63, 3.8) is 0 Å². The van der Waals surface area contributed by atoms with Crippen LogP contribution in [0, 0.1) is 10.1 Å². The average Bonchev–Trinajstić information content (AvgIpc) is 2.87. The maximum absolute atomic E-state index is 12.6. The van der Waals surface area contributed by atoms with Crippen LogP contribution in [0.15, 0.2) is 47.2 Å². The lowest BCUT2D eigenvalue weighted by molar-refractivity contribution is -0.384. The molecule has 0 aliphatic carbocycles. The fourth-order valence-corrected chi connectivity index (χ4v) is 4.00. The van der Waals surface area contributed by atoms with Gasteiger partial charge in [0.05, 0.1) is 28.8 Å². The summed E-state index contributed by atoms with van der Waals surface area (Å²) in [6.45, 7) is 5.64. The molecule has 1 aromatic rings. The zero-order valence-corrected chi connectivity index (χ0v) is 22.3. The number of nitro groups is 1. The molecule has 1 heterocycles. The van der Waals surface area contributed by atoms with E-state index in [-0.39, 0.29) is 36.3 Å². The van der Waals surface area contributed by atoms with E-state index >= 15 is 0 Å². The zero-order chi connectivity index (χ0) is 27.2. The maximum Gasteiger partial charge on any atom is 0.513 e. The Kier molecular flexibility index (Phi) is 12.8. The Morgan fingerprint density at radius 1 is 0.946 bits per heavy atom. The van der Waals surface area contributed by atoms with E-state index in [4.69, 9.17) is 30.5 Å². The number of rotatable bonds is 14. The second-order valence-electron chi connectivity index (χ2n) is 8.60. The summed E-state index contributed by atoms with van der Waals surface area (Å²) in [6, 6.07) is 5.78. The maximum atomic E-state index is 12.6. The van der Waals surface area contributed by atoms with Crippen LogP contribution in [0.1, 0.15) is 77.2 Å². The smallest absolute Gasteiger partial charge is 0.434 e. The minimum atomic E-state index is -1.01. The third kappa shape index (κ3) is 9.60. The number of non-ortho nitro benzene ring substituents is 1. The number of hydrogen-bond donors (Lipinski definition) is 1. The summed E-state index contributed by atoms with van der Waals surface area (Å²) in [5.74, 6) is -0.704. The molecule has 0 aromatic heterocycles. The van der Waals surface area contributed by atoms with Crippen molar-refractivity contribution in [2.75, 3.05) is 19.1 Å². The lowest BCUT2D eigenvalue weighted by atomic mass is 9.90. The highest BCUT2D eigenvalue weighted by molar-refractivity contribution is 6.18. The Morgan fingerprint density at radius 3 is 2.08 bits per heavy atom. The predicted octanol–water partition coefficient (Wildman–Crippen LogP) is 7.04. The molecule has 37 heavy (non-hydrogen) atoms. The number of carbonyl (C=O) groups excluding carboxylic acids is 2. The minimum Gasteiger partial charge on any atom is -0.434 e. The van der Waals surface area contributed by atoms with Gasteiger partial charge in [-0.25, -0.2) is 9.59 Å². The summed E-state index contributed by atoms with van der Waals surface area (Å²) in [7, 11) is 0. The van der Waals surface area contributed by atoms with E-state index in [0.29, 0.717) is 23.4 Å². The molecular weight excluding hydrogens is 504 g/mol. The number of carbonyl (C=O) groups is 2. The SMILES string of the molecule is CCCCCCCCCOC(=O)OC1=C(C)NC(C)=C(OC(=O)OCCCl)C1c1cccc([N+](=O)[O-])c1. The summed E-state index contributed by atoms with van der Waals surface area (Å²) in [4.78, 5) is 35.7. The number of dihydropyridines is 1. The summed E-state index contributed by atoms with van der Waals surface area (Å²) in [5.41, 5.74) is 1.12. The molecule has 0 amide bonds. The quantitative estimate of drug-likeness (QED) is 0.0871. The van der Waals surface area contributed by atoms with Crippen LogP contribution in [0.5, 0.6) is 0 Å². The van der Waals surface area contributed by atoms with Crippen LogP contribution in [-0.2, 0) is 18.9 Å². The van der Waals surface area contributed by atoms with Crippen molar-refractivity contribution in [2.45, 2.75) is 71.6 Å². The molecule has 0 spiro atoms. The number of allylic oxidation sites excluding steroid dienone is 2. The van der Waals surface area contributed by atoms with Gasteiger partial charge < -0.3 is 24.3 Å². The average molecular weight is 539 g/mol. The van der Waals surface area contributed by atoms with Gasteiger partial charge in [-0.3, -0.25) is 10.1 Å². The van der Waals surface area contributed by atoms with Crippen molar-refractivity contribution in [3.05, 3.63) is 62.9 Å². The van der Waals surface area contributed by atoms with Crippen LogP contribution in [0.25, 0.3) is 0 Å². The van der Waals surface area contributed by atoms with Crippen molar-refractivity contribution < 1.29 is 33.5 Å². The van der Waals surface area contributed by atoms with Crippen LogP contribution >= 0.6 is 11.6 Å². The first-order valence-electron chi connectivity index (χ1n) is 12.5. The van der Waals surface area contributed by atoms with E-state index < -0.39 is 23.2 Å². The van der Waals surface area contributed by atoms with Gasteiger partial charge >= 0.3 is 12.3 Å². The van der Waals surface area contributed by atoms with E-state index in [1.54, 1.807) is 19.9 Å². The Balaban J connectivity index is 2.19. The lowest BCUT2D eigenvalue weighted by Gasteiger charge is -2.30. The van der Waals surface area contributed by atoms with Gasteiger partial charge in [0.1, 0.15) is 24.0 Å². The van der Waals surface area contributed by atoms with Gasteiger partial charge in [0, 0.05) is 12.1 Å². The number of hydrogen-bond acceptors (Lipinski definition) is 9. The highest BCUT2D eigenvalue weighted by Crippen LogP contribution is 2.40. The molecule has 1 N–H and O–H groups in total. The summed E-state index contributed by atoms with van der Waals surface area (Å²) in [5, 5.41) is 14.4. The highest BCUT2D eigenvalue weighted by atomic mass is 35.5. The molecule has 11 heteroatoms. The summed E-state index contributed by atoms with van der Waals surface area (Å²) >= 11 is 5.58. The standard InChI is InChI=1S/C26H35ClN2O8/c1-4-5-6-7-8-9-10-15-34-25(30)36-23-18(2)28-19(3)24(37-26(31)35-16-14-27)22(23)20-12-11-13-21(17-20)29(32)33/h11-13,17,22,28H,4-10,14-16H2,1-3H3. The number of alkyl halides is 1.